The van der Waals surface area contributed by atoms with Crippen LogP contribution in [0.2, 0.25) is 0 Å². The third-order valence-electron chi connectivity index (χ3n) is 3.71. The first-order valence-corrected chi connectivity index (χ1v) is 8.47. The molecule has 4 heteroatoms. The van der Waals surface area contributed by atoms with Crippen molar-refractivity contribution < 1.29 is 4.79 Å². The summed E-state index contributed by atoms with van der Waals surface area (Å²) in [5.41, 5.74) is 1.17. The van der Waals surface area contributed by atoms with Gasteiger partial charge in [0.25, 0.3) is 0 Å². The van der Waals surface area contributed by atoms with Crippen molar-refractivity contribution in [1.82, 2.24) is 10.2 Å². The Bertz CT molecular complexity index is 592. The zero-order valence-corrected chi connectivity index (χ0v) is 14.3. The van der Waals surface area contributed by atoms with Crippen molar-refractivity contribution in [2.45, 2.75) is 32.4 Å². The van der Waals surface area contributed by atoms with Gasteiger partial charge in [0, 0.05) is 22.2 Å². The summed E-state index contributed by atoms with van der Waals surface area (Å²) >= 11 is 1.77. The average molecular weight is 316 g/mol. The Morgan fingerprint density at radius 1 is 1.14 bits per heavy atom. The lowest BCUT2D eigenvalue weighted by Crippen LogP contribution is -2.29. The topological polar surface area (TPSA) is 32.3 Å². The van der Waals surface area contributed by atoms with Crippen LogP contribution in [-0.4, -0.2) is 24.9 Å². The van der Waals surface area contributed by atoms with Crippen LogP contribution in [0.25, 0.3) is 0 Å². The van der Waals surface area contributed by atoms with E-state index in [0.717, 1.165) is 6.42 Å². The van der Waals surface area contributed by atoms with Crippen LogP contribution in [0.15, 0.2) is 42.5 Å². The summed E-state index contributed by atoms with van der Waals surface area (Å²) < 4.78 is 0. The molecule has 0 fully saturated rings. The largest absolute Gasteiger partial charge is 0.351 e. The summed E-state index contributed by atoms with van der Waals surface area (Å²) in [5, 5.41) is 3.04. The van der Waals surface area contributed by atoms with Crippen LogP contribution < -0.4 is 5.32 Å². The standard InChI is InChI=1S/C18H24N2OS/c1-4-15-10-11-16(22-15)13-19-18(21)12-17(20(2)3)14-8-6-5-7-9-14/h5-11,17H,4,12-13H2,1-3H3,(H,19,21)/t17-/m1/s1. The number of thiophene rings is 1. The Hall–Kier alpha value is -1.65. The highest BCUT2D eigenvalue weighted by atomic mass is 32.1. The van der Waals surface area contributed by atoms with Crippen LogP contribution in [0, 0.1) is 0 Å². The quantitative estimate of drug-likeness (QED) is 0.846. The molecular weight excluding hydrogens is 292 g/mol. The maximum Gasteiger partial charge on any atom is 0.222 e. The molecule has 0 saturated heterocycles. The van der Waals surface area contributed by atoms with Gasteiger partial charge in [0.2, 0.25) is 5.91 Å². The van der Waals surface area contributed by atoms with Gasteiger partial charge in [-0.25, -0.2) is 0 Å². The van der Waals surface area contributed by atoms with Gasteiger partial charge in [-0.3, -0.25) is 4.79 Å². The van der Waals surface area contributed by atoms with Crippen LogP contribution in [0.4, 0.5) is 0 Å². The van der Waals surface area contributed by atoms with E-state index in [1.807, 2.05) is 32.3 Å². The van der Waals surface area contributed by atoms with Crippen LogP contribution in [0.5, 0.6) is 0 Å². The zero-order valence-electron chi connectivity index (χ0n) is 13.5. The number of nitrogens with one attached hydrogen (secondary N) is 1. The third kappa shape index (κ3) is 4.68. The Morgan fingerprint density at radius 3 is 2.41 bits per heavy atom. The molecule has 0 unspecified atom stereocenters. The number of hydrogen-bond donors (Lipinski definition) is 1. The smallest absolute Gasteiger partial charge is 0.222 e. The van der Waals surface area contributed by atoms with Crippen molar-refractivity contribution in [3.63, 3.8) is 0 Å². The predicted octanol–water partition coefficient (Wildman–Crippen LogP) is 3.62. The van der Waals surface area contributed by atoms with E-state index in [0.29, 0.717) is 13.0 Å². The van der Waals surface area contributed by atoms with Crippen molar-refractivity contribution in [3.8, 4) is 0 Å². The Morgan fingerprint density at radius 2 is 1.82 bits per heavy atom. The first-order valence-electron chi connectivity index (χ1n) is 7.65. The molecule has 1 aromatic heterocycles. The third-order valence-corrected chi connectivity index (χ3v) is 4.94. The molecule has 1 atom stereocenters. The number of rotatable bonds is 7. The number of amides is 1. The van der Waals surface area contributed by atoms with Gasteiger partial charge >= 0.3 is 0 Å². The van der Waals surface area contributed by atoms with Gasteiger partial charge in [-0.05, 0) is 38.2 Å². The van der Waals surface area contributed by atoms with Crippen LogP contribution in [-0.2, 0) is 17.8 Å². The molecule has 0 bridgehead atoms. The molecule has 2 aromatic rings. The van der Waals surface area contributed by atoms with Crippen LogP contribution >= 0.6 is 11.3 Å². The van der Waals surface area contributed by atoms with Gasteiger partial charge in [0.05, 0.1) is 6.54 Å². The first kappa shape index (κ1) is 16.7. The second-order valence-electron chi connectivity index (χ2n) is 5.59. The Kier molecular flexibility index (Phi) is 6.16. The Labute approximate surface area is 137 Å². The summed E-state index contributed by atoms with van der Waals surface area (Å²) in [6.07, 6.45) is 1.53. The average Bonchev–Trinajstić information content (AvgIpc) is 2.99. The first-order chi connectivity index (χ1) is 10.6. The fourth-order valence-electron chi connectivity index (χ4n) is 2.41. The minimum Gasteiger partial charge on any atom is -0.351 e. The van der Waals surface area contributed by atoms with E-state index in [1.54, 1.807) is 11.3 Å². The zero-order chi connectivity index (χ0) is 15.9. The number of carbonyl (C=O) groups excluding carboxylic acids is 1. The van der Waals surface area contributed by atoms with E-state index < -0.39 is 0 Å². The molecule has 0 radical (unpaired) electrons. The van der Waals surface area contributed by atoms with Crippen molar-refractivity contribution >= 4 is 17.2 Å². The van der Waals surface area contributed by atoms with Gasteiger partial charge < -0.3 is 10.2 Å². The fraction of sp³-hybridized carbons (Fsp3) is 0.389. The van der Waals surface area contributed by atoms with Gasteiger partial charge in [0.15, 0.2) is 0 Å². The molecule has 1 amide bonds. The van der Waals surface area contributed by atoms with Crippen molar-refractivity contribution in [3.05, 3.63) is 57.8 Å². The number of hydrogen-bond acceptors (Lipinski definition) is 3. The lowest BCUT2D eigenvalue weighted by Gasteiger charge is -2.24. The monoisotopic (exact) mass is 316 g/mol. The van der Waals surface area contributed by atoms with Crippen molar-refractivity contribution in [1.29, 1.82) is 0 Å². The second-order valence-corrected chi connectivity index (χ2v) is 6.85. The molecule has 118 valence electrons. The van der Waals surface area contributed by atoms with Crippen LogP contribution in [0.1, 0.15) is 34.7 Å². The molecule has 0 aliphatic carbocycles. The highest BCUT2D eigenvalue weighted by Gasteiger charge is 2.17. The summed E-state index contributed by atoms with van der Waals surface area (Å²) in [6, 6.07) is 14.5. The maximum absolute atomic E-state index is 12.2. The molecule has 22 heavy (non-hydrogen) atoms. The maximum atomic E-state index is 12.2. The molecule has 1 heterocycles. The van der Waals surface area contributed by atoms with E-state index in [4.69, 9.17) is 0 Å². The van der Waals surface area contributed by atoms with E-state index in [9.17, 15) is 4.79 Å². The molecule has 0 spiro atoms. The van der Waals surface area contributed by atoms with E-state index in [1.165, 1.54) is 15.3 Å². The van der Waals surface area contributed by atoms with Crippen molar-refractivity contribution in [2.75, 3.05) is 14.1 Å². The molecule has 0 aliphatic rings. The fourth-order valence-corrected chi connectivity index (χ4v) is 3.31. The normalized spacial score (nSPS) is 12.4. The number of nitrogens with zero attached hydrogens (tertiary/aromatic N) is 1. The molecular formula is C18H24N2OS. The Balaban J connectivity index is 1.91. The molecule has 0 saturated carbocycles. The van der Waals surface area contributed by atoms with Gasteiger partial charge in [0.1, 0.15) is 0 Å². The minimum absolute atomic E-state index is 0.0917. The predicted molar refractivity (Wildman–Crippen MR) is 93.0 cm³/mol. The summed E-state index contributed by atoms with van der Waals surface area (Å²) in [4.78, 5) is 16.9. The molecule has 3 nitrogen and oxygen atoms in total. The highest BCUT2D eigenvalue weighted by Crippen LogP contribution is 2.22. The lowest BCUT2D eigenvalue weighted by molar-refractivity contribution is -0.122. The summed E-state index contributed by atoms with van der Waals surface area (Å²) in [7, 11) is 4.02. The van der Waals surface area contributed by atoms with E-state index in [2.05, 4.69) is 41.4 Å². The molecule has 1 aromatic carbocycles. The second kappa shape index (κ2) is 8.11. The highest BCUT2D eigenvalue weighted by molar-refractivity contribution is 7.11. The van der Waals surface area contributed by atoms with Crippen LogP contribution in [0.3, 0.4) is 0 Å². The number of carbonyl (C=O) groups is 1. The van der Waals surface area contributed by atoms with E-state index in [-0.39, 0.29) is 11.9 Å². The number of aryl methyl sites for hydroxylation is 1. The SMILES string of the molecule is CCc1ccc(CNC(=O)C[C@H](c2ccccc2)N(C)C)s1. The molecule has 0 aliphatic heterocycles. The lowest BCUT2D eigenvalue weighted by atomic mass is 10.0. The van der Waals surface area contributed by atoms with Crippen molar-refractivity contribution in [2.24, 2.45) is 0 Å². The molecule has 2 rings (SSSR count). The number of benzene rings is 1. The van der Waals surface area contributed by atoms with Gasteiger partial charge in [-0.15, -0.1) is 11.3 Å². The summed E-state index contributed by atoms with van der Waals surface area (Å²) in [5.74, 6) is 0.0917. The summed E-state index contributed by atoms with van der Waals surface area (Å²) in [6.45, 7) is 2.77. The van der Waals surface area contributed by atoms with E-state index >= 15 is 0 Å². The van der Waals surface area contributed by atoms with Gasteiger partial charge in [-0.2, -0.15) is 0 Å². The molecule has 1 N–H and O–H groups in total. The minimum atomic E-state index is 0.0917. The van der Waals surface area contributed by atoms with Gasteiger partial charge in [-0.1, -0.05) is 37.3 Å².